The van der Waals surface area contributed by atoms with Crippen molar-refractivity contribution in [2.24, 2.45) is 5.92 Å². The van der Waals surface area contributed by atoms with Gasteiger partial charge in [0.25, 0.3) is 0 Å². The van der Waals surface area contributed by atoms with E-state index in [9.17, 15) is 4.79 Å². The molecule has 2 aliphatic rings. The monoisotopic (exact) mass is 383 g/mol. The van der Waals surface area contributed by atoms with E-state index in [0.717, 1.165) is 80.3 Å². The van der Waals surface area contributed by atoms with Gasteiger partial charge in [0.2, 0.25) is 5.91 Å². The molecule has 28 heavy (non-hydrogen) atoms. The Hall–Kier alpha value is -2.21. The fraction of sp³-hybridized carbons (Fsp3) is 0.591. The zero-order valence-electron chi connectivity index (χ0n) is 16.8. The number of hydrogen-bond acceptors (Lipinski definition) is 5. The van der Waals surface area contributed by atoms with Crippen LogP contribution < -0.4 is 0 Å². The normalized spacial score (nSPS) is 21.1. The molecular weight excluding hydrogens is 354 g/mol. The summed E-state index contributed by atoms with van der Waals surface area (Å²) >= 11 is 0. The first kappa shape index (κ1) is 19.1. The maximum absolute atomic E-state index is 12.8. The zero-order valence-corrected chi connectivity index (χ0v) is 16.8. The second kappa shape index (κ2) is 8.43. The molecular formula is C22H29N3O3. The van der Waals surface area contributed by atoms with E-state index in [-0.39, 0.29) is 0 Å². The molecule has 0 aromatic carbocycles. The molecule has 0 bridgehead atoms. The van der Waals surface area contributed by atoms with Crippen molar-refractivity contribution in [3.8, 4) is 11.1 Å². The summed E-state index contributed by atoms with van der Waals surface area (Å²) in [4.78, 5) is 19.6. The Kier molecular flexibility index (Phi) is 5.76. The molecule has 150 valence electrons. The summed E-state index contributed by atoms with van der Waals surface area (Å²) in [6, 6.07) is 4.19. The predicted molar refractivity (Wildman–Crippen MR) is 106 cm³/mol. The highest BCUT2D eigenvalue weighted by molar-refractivity contribution is 5.76. The van der Waals surface area contributed by atoms with Crippen LogP contribution in [0, 0.1) is 19.8 Å². The van der Waals surface area contributed by atoms with Gasteiger partial charge in [-0.05, 0) is 51.5 Å². The molecule has 1 unspecified atom stereocenters. The predicted octanol–water partition coefficient (Wildman–Crippen LogP) is 3.88. The van der Waals surface area contributed by atoms with Crippen LogP contribution in [-0.2, 0) is 9.53 Å². The third-order valence-electron chi connectivity index (χ3n) is 6.10. The van der Waals surface area contributed by atoms with Crippen LogP contribution in [0.1, 0.15) is 55.2 Å². The van der Waals surface area contributed by atoms with Gasteiger partial charge < -0.3 is 14.2 Å². The van der Waals surface area contributed by atoms with Crippen molar-refractivity contribution in [1.82, 2.24) is 15.0 Å². The van der Waals surface area contributed by atoms with Gasteiger partial charge in [0, 0.05) is 61.7 Å². The lowest BCUT2D eigenvalue weighted by Crippen LogP contribution is -2.40. The topological polar surface area (TPSA) is 68.5 Å². The number of nitrogens with zero attached hydrogens (tertiary/aromatic N) is 3. The highest BCUT2D eigenvalue weighted by atomic mass is 16.5. The van der Waals surface area contributed by atoms with E-state index in [4.69, 9.17) is 14.2 Å². The van der Waals surface area contributed by atoms with Crippen molar-refractivity contribution in [2.75, 3.05) is 26.3 Å². The molecule has 2 fully saturated rings. The average molecular weight is 383 g/mol. The SMILES string of the molecule is Cc1noc(C)c1-c1ccc(C2CCCN(C(=O)CC3CCOCC3)C2)nc1. The van der Waals surface area contributed by atoms with E-state index in [1.807, 2.05) is 24.9 Å². The number of aryl methyl sites for hydroxylation is 2. The number of carbonyl (C=O) groups is 1. The molecule has 6 heteroatoms. The van der Waals surface area contributed by atoms with Crippen molar-refractivity contribution in [2.45, 2.75) is 51.9 Å². The first-order chi connectivity index (χ1) is 13.6. The molecule has 1 amide bonds. The smallest absolute Gasteiger partial charge is 0.222 e. The Morgan fingerprint density at radius 2 is 2.04 bits per heavy atom. The molecule has 2 aromatic heterocycles. The summed E-state index contributed by atoms with van der Waals surface area (Å²) in [6.45, 7) is 7.11. The standard InChI is InChI=1S/C22H29N3O3/c1-15-22(16(2)28-24-15)18-5-6-20(23-13-18)19-4-3-9-25(14-19)21(26)12-17-7-10-27-11-8-17/h5-6,13,17,19H,3-4,7-12,14H2,1-2H3. The largest absolute Gasteiger partial charge is 0.381 e. The number of hydrogen-bond donors (Lipinski definition) is 0. The number of carbonyl (C=O) groups excluding carboxylic acids is 1. The fourth-order valence-electron chi connectivity index (χ4n) is 4.46. The van der Waals surface area contributed by atoms with Gasteiger partial charge in [-0.1, -0.05) is 11.2 Å². The van der Waals surface area contributed by atoms with Crippen LogP contribution in [0.15, 0.2) is 22.9 Å². The molecule has 0 spiro atoms. The van der Waals surface area contributed by atoms with Gasteiger partial charge in [-0.25, -0.2) is 0 Å². The quantitative estimate of drug-likeness (QED) is 0.801. The summed E-state index contributed by atoms with van der Waals surface area (Å²) in [5, 5.41) is 4.03. The van der Waals surface area contributed by atoms with Crippen LogP contribution in [0.25, 0.3) is 11.1 Å². The van der Waals surface area contributed by atoms with Crippen LogP contribution >= 0.6 is 0 Å². The van der Waals surface area contributed by atoms with Crippen molar-refractivity contribution in [3.05, 3.63) is 35.5 Å². The van der Waals surface area contributed by atoms with Gasteiger partial charge in [-0.2, -0.15) is 0 Å². The summed E-state index contributed by atoms with van der Waals surface area (Å²) < 4.78 is 10.7. The fourth-order valence-corrected chi connectivity index (χ4v) is 4.46. The lowest BCUT2D eigenvalue weighted by Gasteiger charge is -2.34. The maximum Gasteiger partial charge on any atom is 0.222 e. The van der Waals surface area contributed by atoms with Gasteiger partial charge in [0.05, 0.1) is 5.69 Å². The molecule has 2 aliphatic heterocycles. The van der Waals surface area contributed by atoms with Crippen LogP contribution in [-0.4, -0.2) is 47.3 Å². The molecule has 0 saturated carbocycles. The number of likely N-dealkylation sites (tertiary alicyclic amines) is 1. The molecule has 0 aliphatic carbocycles. The number of pyridine rings is 1. The van der Waals surface area contributed by atoms with Gasteiger partial charge in [0.15, 0.2) is 0 Å². The van der Waals surface area contributed by atoms with E-state index < -0.39 is 0 Å². The Morgan fingerprint density at radius 3 is 2.71 bits per heavy atom. The minimum Gasteiger partial charge on any atom is -0.381 e. The second-order valence-corrected chi connectivity index (χ2v) is 8.11. The Bertz CT molecular complexity index is 789. The van der Waals surface area contributed by atoms with Gasteiger partial charge >= 0.3 is 0 Å². The summed E-state index contributed by atoms with van der Waals surface area (Å²) in [5.74, 6) is 1.90. The van der Waals surface area contributed by atoms with E-state index in [2.05, 4.69) is 17.3 Å². The number of rotatable bonds is 4. The van der Waals surface area contributed by atoms with Crippen LogP contribution in [0.2, 0.25) is 0 Å². The molecule has 2 aromatic rings. The highest BCUT2D eigenvalue weighted by Crippen LogP contribution is 2.30. The molecule has 0 radical (unpaired) electrons. The number of ether oxygens (including phenoxy) is 1. The van der Waals surface area contributed by atoms with Crippen molar-refractivity contribution < 1.29 is 14.1 Å². The first-order valence-electron chi connectivity index (χ1n) is 10.4. The summed E-state index contributed by atoms with van der Waals surface area (Å²) in [5.41, 5.74) is 4.01. The third-order valence-corrected chi connectivity index (χ3v) is 6.10. The molecule has 1 atom stereocenters. The number of piperidine rings is 1. The molecule has 6 nitrogen and oxygen atoms in total. The Labute approximate surface area is 166 Å². The number of aromatic nitrogens is 2. The Morgan fingerprint density at radius 1 is 1.21 bits per heavy atom. The van der Waals surface area contributed by atoms with Gasteiger partial charge in [0.1, 0.15) is 5.76 Å². The van der Waals surface area contributed by atoms with Gasteiger partial charge in [-0.15, -0.1) is 0 Å². The second-order valence-electron chi connectivity index (χ2n) is 8.11. The maximum atomic E-state index is 12.8. The molecule has 2 saturated heterocycles. The summed E-state index contributed by atoms with van der Waals surface area (Å²) in [7, 11) is 0. The van der Waals surface area contributed by atoms with Crippen LogP contribution in [0.4, 0.5) is 0 Å². The Balaban J connectivity index is 1.41. The molecule has 0 N–H and O–H groups in total. The zero-order chi connectivity index (χ0) is 19.5. The minimum atomic E-state index is 0.295. The van der Waals surface area contributed by atoms with Crippen LogP contribution in [0.3, 0.4) is 0 Å². The van der Waals surface area contributed by atoms with Crippen molar-refractivity contribution in [3.63, 3.8) is 0 Å². The van der Waals surface area contributed by atoms with E-state index in [1.165, 1.54) is 0 Å². The average Bonchev–Trinajstić information content (AvgIpc) is 3.07. The van der Waals surface area contributed by atoms with Gasteiger partial charge in [-0.3, -0.25) is 9.78 Å². The lowest BCUT2D eigenvalue weighted by molar-refractivity contribution is -0.134. The number of amides is 1. The first-order valence-corrected chi connectivity index (χ1v) is 10.4. The van der Waals surface area contributed by atoms with E-state index >= 15 is 0 Å². The van der Waals surface area contributed by atoms with Crippen LogP contribution in [0.5, 0.6) is 0 Å². The highest BCUT2D eigenvalue weighted by Gasteiger charge is 2.27. The minimum absolute atomic E-state index is 0.295. The lowest BCUT2D eigenvalue weighted by atomic mass is 9.91. The van der Waals surface area contributed by atoms with E-state index in [1.54, 1.807) is 0 Å². The van der Waals surface area contributed by atoms with Crippen molar-refractivity contribution in [1.29, 1.82) is 0 Å². The van der Waals surface area contributed by atoms with E-state index in [0.29, 0.717) is 24.2 Å². The molecule has 4 rings (SSSR count). The third kappa shape index (κ3) is 4.12. The summed E-state index contributed by atoms with van der Waals surface area (Å²) in [6.07, 6.45) is 6.71. The molecule has 4 heterocycles. The van der Waals surface area contributed by atoms with Crippen molar-refractivity contribution >= 4 is 5.91 Å².